The van der Waals surface area contributed by atoms with Gasteiger partial charge >= 0.3 is 0 Å². The maximum absolute atomic E-state index is 11.6. The molecule has 2 saturated heterocycles. The molecule has 2 N–H and O–H groups in total. The van der Waals surface area contributed by atoms with Gasteiger partial charge in [-0.3, -0.25) is 4.79 Å². The number of ether oxygens (including phenoxy) is 2. The van der Waals surface area contributed by atoms with E-state index in [0.29, 0.717) is 26.4 Å². The molecule has 2 unspecified atom stereocenters. The van der Waals surface area contributed by atoms with Crippen molar-refractivity contribution in [3.8, 4) is 0 Å². The molecule has 0 aliphatic carbocycles. The van der Waals surface area contributed by atoms with Crippen molar-refractivity contribution in [2.75, 3.05) is 32.9 Å². The third-order valence-corrected chi connectivity index (χ3v) is 2.77. The fraction of sp³-hybridized carbons (Fsp3) is 0.900. The average molecular weight is 214 g/mol. The highest BCUT2D eigenvalue weighted by molar-refractivity contribution is 5.81. The molecule has 0 aromatic carbocycles. The number of nitrogens with one attached hydrogen (secondary N) is 2. The molecule has 86 valence electrons. The van der Waals surface area contributed by atoms with Crippen LogP contribution in [0.2, 0.25) is 0 Å². The molecule has 1 amide bonds. The van der Waals surface area contributed by atoms with E-state index < -0.39 is 0 Å². The molecule has 2 rings (SSSR count). The van der Waals surface area contributed by atoms with Crippen LogP contribution in [-0.4, -0.2) is 51.0 Å². The van der Waals surface area contributed by atoms with Crippen molar-refractivity contribution in [1.82, 2.24) is 10.6 Å². The van der Waals surface area contributed by atoms with E-state index in [2.05, 4.69) is 10.6 Å². The first-order chi connectivity index (χ1) is 7.36. The van der Waals surface area contributed by atoms with Crippen molar-refractivity contribution in [3.63, 3.8) is 0 Å². The second-order valence-corrected chi connectivity index (χ2v) is 3.96. The molecule has 5 heteroatoms. The highest BCUT2D eigenvalue weighted by atomic mass is 16.6. The number of amides is 1. The molecule has 15 heavy (non-hydrogen) atoms. The minimum atomic E-state index is -0.00508. The number of carbonyl (C=O) groups excluding carboxylic acids is 1. The Balaban J connectivity index is 1.65. The monoisotopic (exact) mass is 214 g/mol. The van der Waals surface area contributed by atoms with Crippen LogP contribution < -0.4 is 10.6 Å². The minimum absolute atomic E-state index is 0.00508. The van der Waals surface area contributed by atoms with Crippen molar-refractivity contribution >= 4 is 5.91 Å². The van der Waals surface area contributed by atoms with Gasteiger partial charge in [-0.05, 0) is 19.4 Å². The lowest BCUT2D eigenvalue weighted by Crippen LogP contribution is -2.45. The van der Waals surface area contributed by atoms with Crippen molar-refractivity contribution in [2.45, 2.75) is 25.0 Å². The first-order valence-corrected chi connectivity index (χ1v) is 5.57. The second-order valence-electron chi connectivity index (χ2n) is 3.96. The Kier molecular flexibility index (Phi) is 3.94. The molecule has 0 spiro atoms. The lowest BCUT2D eigenvalue weighted by atomic mass is 10.2. The summed E-state index contributed by atoms with van der Waals surface area (Å²) in [4.78, 5) is 11.6. The van der Waals surface area contributed by atoms with E-state index in [1.54, 1.807) is 0 Å². The van der Waals surface area contributed by atoms with Gasteiger partial charge < -0.3 is 20.1 Å². The van der Waals surface area contributed by atoms with E-state index in [1.165, 1.54) is 0 Å². The summed E-state index contributed by atoms with van der Waals surface area (Å²) in [5, 5.41) is 6.05. The third-order valence-electron chi connectivity index (χ3n) is 2.77. The highest BCUT2D eigenvalue weighted by Gasteiger charge is 2.23. The number of rotatable bonds is 3. The van der Waals surface area contributed by atoms with Crippen molar-refractivity contribution in [1.29, 1.82) is 0 Å². The van der Waals surface area contributed by atoms with Crippen molar-refractivity contribution in [2.24, 2.45) is 0 Å². The molecule has 0 aromatic rings. The fourth-order valence-electron chi connectivity index (χ4n) is 1.90. The molecule has 0 bridgehead atoms. The molecule has 2 aliphatic heterocycles. The van der Waals surface area contributed by atoms with E-state index in [1.807, 2.05) is 0 Å². The van der Waals surface area contributed by atoms with Crippen LogP contribution in [0.5, 0.6) is 0 Å². The molecular formula is C10H18N2O3. The highest BCUT2D eigenvalue weighted by Crippen LogP contribution is 2.05. The quantitative estimate of drug-likeness (QED) is 0.650. The SMILES string of the molecule is O=C(NCC1COCCO1)C1CCCN1. The predicted octanol–water partition coefficient (Wildman–Crippen LogP) is -0.730. The molecule has 2 aliphatic rings. The molecule has 5 nitrogen and oxygen atoms in total. The van der Waals surface area contributed by atoms with Gasteiger partial charge in [0.2, 0.25) is 5.91 Å². The third kappa shape index (κ3) is 3.15. The van der Waals surface area contributed by atoms with Crippen LogP contribution in [0.1, 0.15) is 12.8 Å². The summed E-state index contributed by atoms with van der Waals surface area (Å²) in [6.07, 6.45) is 2.04. The van der Waals surface area contributed by atoms with E-state index in [4.69, 9.17) is 9.47 Å². The normalized spacial score (nSPS) is 31.5. The zero-order valence-electron chi connectivity index (χ0n) is 8.83. The van der Waals surface area contributed by atoms with Gasteiger partial charge in [-0.2, -0.15) is 0 Å². The van der Waals surface area contributed by atoms with Crippen molar-refractivity contribution in [3.05, 3.63) is 0 Å². The van der Waals surface area contributed by atoms with E-state index in [0.717, 1.165) is 19.4 Å². The van der Waals surface area contributed by atoms with Gasteiger partial charge in [0, 0.05) is 6.54 Å². The molecular weight excluding hydrogens is 196 g/mol. The summed E-state index contributed by atoms with van der Waals surface area (Å²) < 4.78 is 10.7. The van der Waals surface area contributed by atoms with Gasteiger partial charge in [-0.25, -0.2) is 0 Å². The van der Waals surface area contributed by atoms with Gasteiger partial charge in [-0.15, -0.1) is 0 Å². The fourth-order valence-corrected chi connectivity index (χ4v) is 1.90. The Morgan fingerprint density at radius 3 is 3.07 bits per heavy atom. The first kappa shape index (κ1) is 10.9. The Morgan fingerprint density at radius 1 is 1.47 bits per heavy atom. The van der Waals surface area contributed by atoms with Gasteiger partial charge in [0.25, 0.3) is 0 Å². The second kappa shape index (κ2) is 5.44. The summed E-state index contributed by atoms with van der Waals surface area (Å²) in [5.41, 5.74) is 0. The molecule has 0 saturated carbocycles. The summed E-state index contributed by atoms with van der Waals surface area (Å²) in [7, 11) is 0. The zero-order valence-corrected chi connectivity index (χ0v) is 8.83. The number of hydrogen-bond donors (Lipinski definition) is 2. The first-order valence-electron chi connectivity index (χ1n) is 5.57. The van der Waals surface area contributed by atoms with E-state index in [9.17, 15) is 4.79 Å². The van der Waals surface area contributed by atoms with Gasteiger partial charge in [0.1, 0.15) is 0 Å². The van der Waals surface area contributed by atoms with Gasteiger partial charge in [-0.1, -0.05) is 0 Å². The lowest BCUT2D eigenvalue weighted by Gasteiger charge is -2.23. The molecule has 2 atom stereocenters. The van der Waals surface area contributed by atoms with Crippen molar-refractivity contribution < 1.29 is 14.3 Å². The number of hydrogen-bond acceptors (Lipinski definition) is 4. The molecule has 0 aromatic heterocycles. The molecule has 2 heterocycles. The summed E-state index contributed by atoms with van der Waals surface area (Å²) >= 11 is 0. The Hall–Kier alpha value is -0.650. The molecule has 2 fully saturated rings. The van der Waals surface area contributed by atoms with Gasteiger partial charge in [0.15, 0.2) is 0 Å². The molecule has 0 radical (unpaired) electrons. The zero-order chi connectivity index (χ0) is 10.5. The summed E-state index contributed by atoms with van der Waals surface area (Å²) in [6, 6.07) is -0.00508. The van der Waals surface area contributed by atoms with E-state index in [-0.39, 0.29) is 18.1 Å². The van der Waals surface area contributed by atoms with Gasteiger partial charge in [0.05, 0.1) is 32.0 Å². The Morgan fingerprint density at radius 2 is 2.40 bits per heavy atom. The van der Waals surface area contributed by atoms with Crippen LogP contribution in [0.15, 0.2) is 0 Å². The predicted molar refractivity (Wildman–Crippen MR) is 54.6 cm³/mol. The standard InChI is InChI=1S/C10H18N2O3/c13-10(9-2-1-3-11-9)12-6-8-7-14-4-5-15-8/h8-9,11H,1-7H2,(H,12,13). The maximum atomic E-state index is 11.6. The lowest BCUT2D eigenvalue weighted by molar-refractivity contribution is -0.125. The Labute approximate surface area is 89.5 Å². The van der Waals surface area contributed by atoms with E-state index >= 15 is 0 Å². The van der Waals surface area contributed by atoms with Crippen LogP contribution in [0.3, 0.4) is 0 Å². The number of carbonyl (C=O) groups is 1. The summed E-state index contributed by atoms with van der Waals surface area (Å²) in [5.74, 6) is 0.0849. The largest absolute Gasteiger partial charge is 0.376 e. The van der Waals surface area contributed by atoms with Crippen LogP contribution >= 0.6 is 0 Å². The Bertz CT molecular complexity index is 211. The van der Waals surface area contributed by atoms with Crippen LogP contribution in [0.4, 0.5) is 0 Å². The van der Waals surface area contributed by atoms with Crippen LogP contribution in [0.25, 0.3) is 0 Å². The topological polar surface area (TPSA) is 59.6 Å². The van der Waals surface area contributed by atoms with Crippen LogP contribution in [0, 0.1) is 0 Å². The smallest absolute Gasteiger partial charge is 0.237 e. The maximum Gasteiger partial charge on any atom is 0.237 e. The van der Waals surface area contributed by atoms with Crippen LogP contribution in [-0.2, 0) is 14.3 Å². The minimum Gasteiger partial charge on any atom is -0.376 e. The summed E-state index contributed by atoms with van der Waals surface area (Å²) in [6.45, 7) is 3.37. The average Bonchev–Trinajstić information content (AvgIpc) is 2.81.